The normalized spacial score (nSPS) is 10.4. The smallest absolute Gasteiger partial charge is 0.223 e. The third-order valence-corrected chi connectivity index (χ3v) is 3.81. The summed E-state index contributed by atoms with van der Waals surface area (Å²) in [5.41, 5.74) is 6.96. The predicted molar refractivity (Wildman–Crippen MR) is 77.1 cm³/mol. The molecule has 0 saturated heterocycles. The maximum atomic E-state index is 5.63. The summed E-state index contributed by atoms with van der Waals surface area (Å²) in [6.07, 6.45) is 0. The van der Waals surface area contributed by atoms with Crippen LogP contribution in [0, 0.1) is 13.8 Å². The lowest BCUT2D eigenvalue weighted by molar-refractivity contribution is 1.11. The van der Waals surface area contributed by atoms with Gasteiger partial charge in [0, 0.05) is 22.9 Å². The first-order chi connectivity index (χ1) is 8.58. The van der Waals surface area contributed by atoms with Gasteiger partial charge in [0.15, 0.2) is 0 Å². The first kappa shape index (κ1) is 12.6. The zero-order chi connectivity index (χ0) is 13.1. The Labute approximate surface area is 110 Å². The second kappa shape index (κ2) is 5.22. The van der Waals surface area contributed by atoms with Crippen molar-refractivity contribution in [2.45, 2.75) is 20.4 Å². The fraction of sp³-hybridized carbons (Fsp3) is 0.333. The second-order valence-electron chi connectivity index (χ2n) is 4.05. The number of nitrogens with zero attached hydrogens (tertiary/aromatic N) is 2. The van der Waals surface area contributed by atoms with Crippen LogP contribution in [0.5, 0.6) is 0 Å². The summed E-state index contributed by atoms with van der Waals surface area (Å²) in [4.78, 5) is 10.8. The lowest BCUT2D eigenvalue weighted by Gasteiger charge is -2.06. The monoisotopic (exact) mass is 263 g/mol. The molecule has 2 aromatic rings. The van der Waals surface area contributed by atoms with Gasteiger partial charge in [-0.15, -0.1) is 11.3 Å². The van der Waals surface area contributed by atoms with Crippen molar-refractivity contribution in [2.24, 2.45) is 0 Å². The molecule has 0 bridgehead atoms. The van der Waals surface area contributed by atoms with Crippen LogP contribution in [0.2, 0.25) is 0 Å². The Morgan fingerprint density at radius 1 is 1.22 bits per heavy atom. The standard InChI is InChI=1S/C12H17N5S/c1-7-4-9(18-8(7)2)6-15-11-5-10(14-3)16-12(13)17-11/h4-5H,6H2,1-3H3,(H4,13,14,15,16,17). The molecule has 0 amide bonds. The van der Waals surface area contributed by atoms with Gasteiger partial charge in [-0.2, -0.15) is 9.97 Å². The third kappa shape index (κ3) is 2.89. The van der Waals surface area contributed by atoms with Crippen molar-refractivity contribution < 1.29 is 0 Å². The van der Waals surface area contributed by atoms with E-state index in [1.165, 1.54) is 15.3 Å². The van der Waals surface area contributed by atoms with E-state index in [9.17, 15) is 0 Å². The molecule has 0 aliphatic carbocycles. The van der Waals surface area contributed by atoms with Crippen LogP contribution in [0.15, 0.2) is 12.1 Å². The van der Waals surface area contributed by atoms with Gasteiger partial charge in [0.25, 0.3) is 0 Å². The molecule has 0 aliphatic heterocycles. The van der Waals surface area contributed by atoms with Crippen molar-refractivity contribution in [1.29, 1.82) is 0 Å². The molecule has 0 fully saturated rings. The van der Waals surface area contributed by atoms with Crippen LogP contribution in [-0.4, -0.2) is 17.0 Å². The third-order valence-electron chi connectivity index (χ3n) is 2.66. The van der Waals surface area contributed by atoms with Crippen LogP contribution in [0.4, 0.5) is 17.6 Å². The number of hydrogen-bond acceptors (Lipinski definition) is 6. The van der Waals surface area contributed by atoms with Crippen LogP contribution < -0.4 is 16.4 Å². The predicted octanol–water partition coefficient (Wildman–Crippen LogP) is 2.39. The van der Waals surface area contributed by atoms with E-state index in [0.717, 1.165) is 12.4 Å². The van der Waals surface area contributed by atoms with Gasteiger partial charge in [-0.05, 0) is 25.5 Å². The molecule has 0 saturated carbocycles. The first-order valence-corrected chi connectivity index (χ1v) is 6.52. The molecule has 0 aromatic carbocycles. The average molecular weight is 263 g/mol. The number of rotatable bonds is 4. The highest BCUT2D eigenvalue weighted by molar-refractivity contribution is 7.12. The van der Waals surface area contributed by atoms with Crippen molar-refractivity contribution in [2.75, 3.05) is 23.4 Å². The molecule has 18 heavy (non-hydrogen) atoms. The van der Waals surface area contributed by atoms with Crippen molar-refractivity contribution >= 4 is 28.9 Å². The van der Waals surface area contributed by atoms with Gasteiger partial charge >= 0.3 is 0 Å². The van der Waals surface area contributed by atoms with E-state index in [-0.39, 0.29) is 5.95 Å². The Hall–Kier alpha value is -1.82. The summed E-state index contributed by atoms with van der Waals surface area (Å²) < 4.78 is 0. The van der Waals surface area contributed by atoms with E-state index in [1.54, 1.807) is 18.4 Å². The van der Waals surface area contributed by atoms with Crippen molar-refractivity contribution in [3.05, 3.63) is 27.5 Å². The van der Waals surface area contributed by atoms with Crippen LogP contribution in [0.25, 0.3) is 0 Å². The van der Waals surface area contributed by atoms with Gasteiger partial charge in [0.2, 0.25) is 5.95 Å². The fourth-order valence-corrected chi connectivity index (χ4v) is 2.59. The molecule has 5 nitrogen and oxygen atoms in total. The molecule has 2 heterocycles. The zero-order valence-corrected chi connectivity index (χ0v) is 11.6. The molecule has 2 rings (SSSR count). The summed E-state index contributed by atoms with van der Waals surface area (Å²) in [6, 6.07) is 4.03. The van der Waals surface area contributed by atoms with Crippen molar-refractivity contribution in [3.8, 4) is 0 Å². The van der Waals surface area contributed by atoms with Gasteiger partial charge in [-0.25, -0.2) is 0 Å². The number of nitrogens with two attached hydrogens (primary N) is 1. The van der Waals surface area contributed by atoms with Crippen LogP contribution >= 0.6 is 11.3 Å². The number of hydrogen-bond donors (Lipinski definition) is 3. The second-order valence-corrected chi connectivity index (χ2v) is 5.39. The van der Waals surface area contributed by atoms with E-state index in [2.05, 4.69) is 40.5 Å². The molecule has 4 N–H and O–H groups in total. The van der Waals surface area contributed by atoms with Gasteiger partial charge in [0.1, 0.15) is 11.6 Å². The molecule has 2 aromatic heterocycles. The highest BCUT2D eigenvalue weighted by Crippen LogP contribution is 2.21. The molecule has 0 unspecified atom stereocenters. The molecule has 0 radical (unpaired) electrons. The number of aryl methyl sites for hydroxylation is 2. The topological polar surface area (TPSA) is 75.9 Å². The quantitative estimate of drug-likeness (QED) is 0.789. The summed E-state index contributed by atoms with van der Waals surface area (Å²) >= 11 is 1.79. The summed E-state index contributed by atoms with van der Waals surface area (Å²) in [6.45, 7) is 5.00. The number of anilines is 3. The maximum Gasteiger partial charge on any atom is 0.223 e. The van der Waals surface area contributed by atoms with Gasteiger partial charge in [-0.1, -0.05) is 0 Å². The zero-order valence-electron chi connectivity index (χ0n) is 10.7. The number of nitrogen functional groups attached to an aromatic ring is 1. The lowest BCUT2D eigenvalue weighted by atomic mass is 10.3. The summed E-state index contributed by atoms with van der Waals surface area (Å²) in [5.74, 6) is 1.71. The minimum absolute atomic E-state index is 0.267. The van der Waals surface area contributed by atoms with Crippen LogP contribution in [-0.2, 0) is 6.54 Å². The van der Waals surface area contributed by atoms with E-state index in [4.69, 9.17) is 5.73 Å². The van der Waals surface area contributed by atoms with Crippen molar-refractivity contribution in [1.82, 2.24) is 9.97 Å². The lowest BCUT2D eigenvalue weighted by Crippen LogP contribution is -2.05. The SMILES string of the molecule is CNc1cc(NCc2cc(C)c(C)s2)nc(N)n1. The van der Waals surface area contributed by atoms with E-state index < -0.39 is 0 Å². The molecule has 96 valence electrons. The fourth-order valence-electron chi connectivity index (χ4n) is 1.60. The Balaban J connectivity index is 2.07. The molecular weight excluding hydrogens is 246 g/mol. The minimum Gasteiger partial charge on any atom is -0.373 e. The molecular formula is C12H17N5S. The van der Waals surface area contributed by atoms with Gasteiger partial charge in [-0.3, -0.25) is 0 Å². The van der Waals surface area contributed by atoms with Gasteiger partial charge < -0.3 is 16.4 Å². The highest BCUT2D eigenvalue weighted by atomic mass is 32.1. The average Bonchev–Trinajstić information content (AvgIpc) is 2.65. The molecule has 0 aliphatic rings. The highest BCUT2D eigenvalue weighted by Gasteiger charge is 2.04. The van der Waals surface area contributed by atoms with Crippen LogP contribution in [0.1, 0.15) is 15.3 Å². The van der Waals surface area contributed by atoms with E-state index in [1.807, 2.05) is 6.07 Å². The Kier molecular flexibility index (Phi) is 3.66. The Morgan fingerprint density at radius 2 is 1.94 bits per heavy atom. The first-order valence-electron chi connectivity index (χ1n) is 5.70. The minimum atomic E-state index is 0.267. The maximum absolute atomic E-state index is 5.63. The van der Waals surface area contributed by atoms with Gasteiger partial charge in [0.05, 0.1) is 6.54 Å². The van der Waals surface area contributed by atoms with E-state index >= 15 is 0 Å². The Bertz CT molecular complexity index is 530. The Morgan fingerprint density at radius 3 is 2.56 bits per heavy atom. The van der Waals surface area contributed by atoms with Crippen molar-refractivity contribution in [3.63, 3.8) is 0 Å². The number of nitrogens with one attached hydrogen (secondary N) is 2. The van der Waals surface area contributed by atoms with E-state index in [0.29, 0.717) is 5.82 Å². The molecule has 0 atom stereocenters. The van der Waals surface area contributed by atoms with Crippen LogP contribution in [0.3, 0.4) is 0 Å². The largest absolute Gasteiger partial charge is 0.373 e. The molecule has 0 spiro atoms. The number of aromatic nitrogens is 2. The molecule has 6 heteroatoms. The number of thiophene rings is 1. The summed E-state index contributed by atoms with van der Waals surface area (Å²) in [7, 11) is 1.80. The summed E-state index contributed by atoms with van der Waals surface area (Å²) in [5, 5.41) is 6.21.